The number of nitrogens with zero attached hydrogens (tertiary/aromatic N) is 1. The van der Waals surface area contributed by atoms with E-state index in [-0.39, 0.29) is 12.4 Å². The summed E-state index contributed by atoms with van der Waals surface area (Å²) in [6.07, 6.45) is 0. The van der Waals surface area contributed by atoms with Crippen LogP contribution in [-0.2, 0) is 6.61 Å². The topological polar surface area (TPSA) is 114 Å². The summed E-state index contributed by atoms with van der Waals surface area (Å²) in [6.45, 7) is 1.73. The Balaban J connectivity index is 2.22. The standard InChI is InChI=1S/C15H17FN4O3/c1-9-6-13(21)11(16)7-14(9)23-8-10-4-2-3-5-12(10)20(18)15(22)19-17/h2-7,21H,8,17-18H2,1H3,(H,19,22). The smallest absolute Gasteiger partial charge is 0.350 e. The number of aryl methyl sites for hydroxylation is 1. The number of phenolic OH excluding ortho intramolecular Hbond substituents is 1. The molecule has 0 aliphatic rings. The lowest BCUT2D eigenvalue weighted by Crippen LogP contribution is -2.48. The van der Waals surface area contributed by atoms with Crippen molar-refractivity contribution in [3.05, 3.63) is 53.3 Å². The highest BCUT2D eigenvalue weighted by molar-refractivity contribution is 5.91. The predicted molar refractivity (Wildman–Crippen MR) is 83.0 cm³/mol. The Hall–Kier alpha value is -2.84. The van der Waals surface area contributed by atoms with Crippen molar-refractivity contribution in [2.24, 2.45) is 11.7 Å². The Kier molecular flexibility index (Phi) is 4.99. The van der Waals surface area contributed by atoms with Crippen LogP contribution in [-0.4, -0.2) is 11.1 Å². The summed E-state index contributed by atoms with van der Waals surface area (Å²) < 4.78 is 19.0. The predicted octanol–water partition coefficient (Wildman–Crippen LogP) is 1.68. The first-order valence-electron chi connectivity index (χ1n) is 6.69. The van der Waals surface area contributed by atoms with E-state index in [1.54, 1.807) is 31.2 Å². The van der Waals surface area contributed by atoms with Crippen LogP contribution in [0.15, 0.2) is 36.4 Å². The molecule has 2 aromatic carbocycles. The molecule has 0 aromatic heterocycles. The third-order valence-electron chi connectivity index (χ3n) is 3.22. The molecule has 2 amide bonds. The number of hydrogen-bond donors (Lipinski definition) is 4. The maximum absolute atomic E-state index is 13.4. The number of ether oxygens (including phenoxy) is 1. The Bertz CT molecular complexity index is 724. The number of carbonyl (C=O) groups is 1. The molecule has 0 radical (unpaired) electrons. The van der Waals surface area contributed by atoms with Gasteiger partial charge >= 0.3 is 6.03 Å². The van der Waals surface area contributed by atoms with Gasteiger partial charge in [-0.25, -0.2) is 25.9 Å². The second kappa shape index (κ2) is 6.95. The SMILES string of the molecule is Cc1cc(O)c(F)cc1OCc1ccccc1N(N)C(=O)NN. The molecule has 0 saturated heterocycles. The monoisotopic (exact) mass is 320 g/mol. The van der Waals surface area contributed by atoms with E-state index >= 15 is 0 Å². The fraction of sp³-hybridized carbons (Fsp3) is 0.133. The quantitative estimate of drug-likeness (QED) is 0.389. The van der Waals surface area contributed by atoms with Crippen LogP contribution in [0.4, 0.5) is 14.9 Å². The molecule has 0 atom stereocenters. The van der Waals surface area contributed by atoms with Gasteiger partial charge in [0.1, 0.15) is 12.4 Å². The van der Waals surface area contributed by atoms with Crippen molar-refractivity contribution in [3.8, 4) is 11.5 Å². The van der Waals surface area contributed by atoms with E-state index in [2.05, 4.69) is 0 Å². The molecule has 7 nitrogen and oxygen atoms in total. The van der Waals surface area contributed by atoms with Crippen molar-refractivity contribution in [1.29, 1.82) is 0 Å². The lowest BCUT2D eigenvalue weighted by Gasteiger charge is -2.19. The van der Waals surface area contributed by atoms with Gasteiger partial charge in [0.05, 0.1) is 5.69 Å². The normalized spacial score (nSPS) is 10.3. The van der Waals surface area contributed by atoms with Gasteiger partial charge in [0.2, 0.25) is 0 Å². The molecule has 6 N–H and O–H groups in total. The van der Waals surface area contributed by atoms with E-state index < -0.39 is 17.6 Å². The summed E-state index contributed by atoms with van der Waals surface area (Å²) in [5.41, 5.74) is 3.50. The van der Waals surface area contributed by atoms with Crippen molar-refractivity contribution in [2.75, 3.05) is 5.01 Å². The summed E-state index contributed by atoms with van der Waals surface area (Å²) in [7, 11) is 0. The largest absolute Gasteiger partial charge is 0.505 e. The van der Waals surface area contributed by atoms with E-state index in [4.69, 9.17) is 16.4 Å². The first-order valence-corrected chi connectivity index (χ1v) is 6.69. The summed E-state index contributed by atoms with van der Waals surface area (Å²) in [5.74, 6) is 9.81. The lowest BCUT2D eigenvalue weighted by molar-refractivity contribution is 0.246. The number of rotatable bonds is 4. The minimum Gasteiger partial charge on any atom is -0.505 e. The van der Waals surface area contributed by atoms with Crippen LogP contribution >= 0.6 is 0 Å². The number of carbonyl (C=O) groups excluding carboxylic acids is 1. The van der Waals surface area contributed by atoms with Crippen LogP contribution in [0.3, 0.4) is 0 Å². The van der Waals surface area contributed by atoms with Gasteiger partial charge in [-0.15, -0.1) is 0 Å². The van der Waals surface area contributed by atoms with Crippen LogP contribution in [0.25, 0.3) is 0 Å². The maximum Gasteiger partial charge on any atom is 0.350 e. The minimum atomic E-state index is -0.776. The molecular formula is C15H17FN4O3. The fourth-order valence-corrected chi connectivity index (χ4v) is 2.01. The first-order chi connectivity index (χ1) is 10.9. The number of urea groups is 1. The van der Waals surface area contributed by atoms with Crippen LogP contribution in [0, 0.1) is 12.7 Å². The molecule has 0 aliphatic carbocycles. The van der Waals surface area contributed by atoms with Gasteiger partial charge in [-0.05, 0) is 24.6 Å². The number of nitrogens with one attached hydrogen (secondary N) is 1. The molecule has 0 spiro atoms. The van der Waals surface area contributed by atoms with E-state index in [0.29, 0.717) is 16.8 Å². The number of aromatic hydroxyl groups is 1. The van der Waals surface area contributed by atoms with Gasteiger partial charge in [0.25, 0.3) is 0 Å². The molecule has 0 bridgehead atoms. The second-order valence-corrected chi connectivity index (χ2v) is 4.81. The van der Waals surface area contributed by atoms with Gasteiger partial charge < -0.3 is 9.84 Å². The maximum atomic E-state index is 13.4. The number of benzene rings is 2. The summed E-state index contributed by atoms with van der Waals surface area (Å²) in [6, 6.07) is 8.47. The molecule has 0 saturated carbocycles. The zero-order valence-corrected chi connectivity index (χ0v) is 12.4. The molecule has 0 fully saturated rings. The molecule has 8 heteroatoms. The zero-order chi connectivity index (χ0) is 17.0. The highest BCUT2D eigenvalue weighted by Crippen LogP contribution is 2.28. The van der Waals surface area contributed by atoms with Gasteiger partial charge in [0, 0.05) is 11.6 Å². The van der Waals surface area contributed by atoms with Gasteiger partial charge in [-0.2, -0.15) is 0 Å². The minimum absolute atomic E-state index is 0.0484. The molecule has 23 heavy (non-hydrogen) atoms. The van der Waals surface area contributed by atoms with Gasteiger partial charge in [-0.1, -0.05) is 18.2 Å². The average Bonchev–Trinajstić information content (AvgIpc) is 2.55. The molecule has 0 heterocycles. The van der Waals surface area contributed by atoms with Crippen LogP contribution < -0.4 is 26.9 Å². The number of hydrazine groups is 2. The number of hydrogen-bond acceptors (Lipinski definition) is 5. The number of nitrogens with two attached hydrogens (primary N) is 2. The summed E-state index contributed by atoms with van der Waals surface area (Å²) in [5, 5.41) is 10.2. The Morgan fingerprint density at radius 3 is 2.78 bits per heavy atom. The second-order valence-electron chi connectivity index (χ2n) is 4.81. The number of para-hydroxylation sites is 1. The zero-order valence-electron chi connectivity index (χ0n) is 12.4. The Morgan fingerprint density at radius 1 is 1.39 bits per heavy atom. The van der Waals surface area contributed by atoms with Crippen LogP contribution in [0.1, 0.15) is 11.1 Å². The highest BCUT2D eigenvalue weighted by Gasteiger charge is 2.15. The number of amides is 2. The van der Waals surface area contributed by atoms with E-state index in [0.717, 1.165) is 11.1 Å². The fourth-order valence-electron chi connectivity index (χ4n) is 2.01. The van der Waals surface area contributed by atoms with Crippen molar-refractivity contribution < 1.29 is 19.0 Å². The molecular weight excluding hydrogens is 303 g/mol. The molecule has 0 unspecified atom stereocenters. The van der Waals surface area contributed by atoms with Crippen molar-refractivity contribution in [1.82, 2.24) is 5.43 Å². The van der Waals surface area contributed by atoms with Crippen molar-refractivity contribution >= 4 is 11.7 Å². The van der Waals surface area contributed by atoms with Gasteiger partial charge in [0.15, 0.2) is 11.6 Å². The van der Waals surface area contributed by atoms with E-state index in [1.807, 2.05) is 5.43 Å². The van der Waals surface area contributed by atoms with Gasteiger partial charge in [-0.3, -0.25) is 5.43 Å². The average molecular weight is 320 g/mol. The molecule has 2 rings (SSSR count). The Morgan fingerprint density at radius 2 is 2.09 bits per heavy atom. The number of phenols is 1. The van der Waals surface area contributed by atoms with Crippen LogP contribution in [0.2, 0.25) is 0 Å². The van der Waals surface area contributed by atoms with E-state index in [9.17, 15) is 14.3 Å². The van der Waals surface area contributed by atoms with Crippen LogP contribution in [0.5, 0.6) is 11.5 Å². The Labute approximate surface area is 132 Å². The molecule has 2 aromatic rings. The molecule has 0 aliphatic heterocycles. The summed E-state index contributed by atoms with van der Waals surface area (Å²) >= 11 is 0. The highest BCUT2D eigenvalue weighted by atomic mass is 19.1. The number of anilines is 1. The van der Waals surface area contributed by atoms with E-state index in [1.165, 1.54) is 6.07 Å². The third kappa shape index (κ3) is 3.68. The third-order valence-corrected chi connectivity index (χ3v) is 3.22. The molecule has 122 valence electrons. The summed E-state index contributed by atoms with van der Waals surface area (Å²) in [4.78, 5) is 11.5. The van der Waals surface area contributed by atoms with Crippen molar-refractivity contribution in [3.63, 3.8) is 0 Å². The lowest BCUT2D eigenvalue weighted by atomic mass is 10.1. The van der Waals surface area contributed by atoms with Crippen molar-refractivity contribution in [2.45, 2.75) is 13.5 Å². The first kappa shape index (κ1) is 16.5. The number of halogens is 1.